The SMILES string of the molecule is COC(=O)C(C)(C)CCc1ccc(C(F)(F)F)cc1. The number of carbonyl (C=O) groups is 1. The van der Waals surface area contributed by atoms with Gasteiger partial charge in [-0.3, -0.25) is 4.79 Å². The molecule has 0 aliphatic rings. The molecule has 0 aromatic heterocycles. The van der Waals surface area contributed by atoms with E-state index in [4.69, 9.17) is 0 Å². The van der Waals surface area contributed by atoms with Crippen LogP contribution < -0.4 is 0 Å². The van der Waals surface area contributed by atoms with Gasteiger partial charge in [-0.25, -0.2) is 0 Å². The Labute approximate surface area is 110 Å². The normalized spacial score (nSPS) is 12.3. The minimum atomic E-state index is -4.32. The Morgan fingerprint density at radius 1 is 1.16 bits per heavy atom. The summed E-state index contributed by atoms with van der Waals surface area (Å²) in [5.41, 5.74) is -0.536. The first-order chi connectivity index (χ1) is 8.66. The minimum absolute atomic E-state index is 0.320. The number of hydrogen-bond donors (Lipinski definition) is 0. The molecule has 106 valence electrons. The molecule has 1 aromatic rings. The summed E-state index contributed by atoms with van der Waals surface area (Å²) in [6.45, 7) is 3.51. The van der Waals surface area contributed by atoms with E-state index in [2.05, 4.69) is 4.74 Å². The van der Waals surface area contributed by atoms with Crippen LogP contribution in [0.15, 0.2) is 24.3 Å². The fourth-order valence-electron chi connectivity index (χ4n) is 1.70. The van der Waals surface area contributed by atoms with Crippen molar-refractivity contribution in [3.63, 3.8) is 0 Å². The number of alkyl halides is 3. The molecule has 0 saturated heterocycles. The van der Waals surface area contributed by atoms with Crippen LogP contribution >= 0.6 is 0 Å². The number of halogens is 3. The minimum Gasteiger partial charge on any atom is -0.469 e. The highest BCUT2D eigenvalue weighted by atomic mass is 19.4. The standard InChI is InChI=1S/C14H17F3O2/c1-13(2,12(18)19-3)9-8-10-4-6-11(7-5-10)14(15,16)17/h4-7H,8-9H2,1-3H3. The molecular weight excluding hydrogens is 257 g/mol. The van der Waals surface area contributed by atoms with Crippen LogP contribution in [0, 0.1) is 5.41 Å². The molecule has 0 atom stereocenters. The summed E-state index contributed by atoms with van der Waals surface area (Å²) >= 11 is 0. The van der Waals surface area contributed by atoms with Gasteiger partial charge in [0.25, 0.3) is 0 Å². The van der Waals surface area contributed by atoms with E-state index in [-0.39, 0.29) is 5.97 Å². The topological polar surface area (TPSA) is 26.3 Å². The zero-order valence-corrected chi connectivity index (χ0v) is 11.2. The first-order valence-electron chi connectivity index (χ1n) is 5.91. The summed E-state index contributed by atoms with van der Waals surface area (Å²) in [4.78, 5) is 11.5. The van der Waals surface area contributed by atoms with Gasteiger partial charge in [0.1, 0.15) is 0 Å². The molecule has 0 spiro atoms. The van der Waals surface area contributed by atoms with Gasteiger partial charge in [0.05, 0.1) is 18.1 Å². The summed E-state index contributed by atoms with van der Waals surface area (Å²) in [5, 5.41) is 0. The summed E-state index contributed by atoms with van der Waals surface area (Å²) < 4.78 is 41.8. The zero-order chi connectivity index (χ0) is 14.7. The Balaban J connectivity index is 2.67. The lowest BCUT2D eigenvalue weighted by Crippen LogP contribution is -2.26. The Morgan fingerprint density at radius 2 is 1.68 bits per heavy atom. The van der Waals surface area contributed by atoms with Crippen molar-refractivity contribution in [2.24, 2.45) is 5.41 Å². The van der Waals surface area contributed by atoms with E-state index in [9.17, 15) is 18.0 Å². The lowest BCUT2D eigenvalue weighted by atomic mass is 9.86. The molecule has 19 heavy (non-hydrogen) atoms. The lowest BCUT2D eigenvalue weighted by Gasteiger charge is -2.21. The zero-order valence-electron chi connectivity index (χ0n) is 11.2. The molecule has 1 rings (SSSR count). The van der Waals surface area contributed by atoms with Crippen molar-refractivity contribution in [1.82, 2.24) is 0 Å². The molecule has 0 unspecified atom stereocenters. The van der Waals surface area contributed by atoms with Crippen LogP contribution in [-0.4, -0.2) is 13.1 Å². The van der Waals surface area contributed by atoms with Crippen LogP contribution in [0.25, 0.3) is 0 Å². The highest BCUT2D eigenvalue weighted by Gasteiger charge is 2.30. The van der Waals surface area contributed by atoms with E-state index >= 15 is 0 Å². The van der Waals surface area contributed by atoms with Crippen LogP contribution in [-0.2, 0) is 22.1 Å². The van der Waals surface area contributed by atoms with Crippen molar-refractivity contribution in [2.75, 3.05) is 7.11 Å². The number of benzene rings is 1. The number of ether oxygens (including phenoxy) is 1. The van der Waals surface area contributed by atoms with Crippen LogP contribution in [0.1, 0.15) is 31.4 Å². The van der Waals surface area contributed by atoms with E-state index in [0.29, 0.717) is 12.8 Å². The van der Waals surface area contributed by atoms with Gasteiger partial charge in [-0.05, 0) is 44.4 Å². The highest BCUT2D eigenvalue weighted by Crippen LogP contribution is 2.30. The van der Waals surface area contributed by atoms with Crippen molar-refractivity contribution in [3.8, 4) is 0 Å². The Hall–Kier alpha value is -1.52. The fraction of sp³-hybridized carbons (Fsp3) is 0.500. The van der Waals surface area contributed by atoms with Crippen LogP contribution in [0.5, 0.6) is 0 Å². The summed E-state index contributed by atoms with van der Waals surface area (Å²) in [6, 6.07) is 4.99. The number of esters is 1. The maximum Gasteiger partial charge on any atom is 0.416 e. The van der Waals surface area contributed by atoms with E-state index in [0.717, 1.165) is 17.7 Å². The first kappa shape index (κ1) is 15.5. The number of aryl methyl sites for hydroxylation is 1. The van der Waals surface area contributed by atoms with Gasteiger partial charge >= 0.3 is 12.1 Å². The fourth-order valence-corrected chi connectivity index (χ4v) is 1.70. The van der Waals surface area contributed by atoms with Gasteiger partial charge in [-0.2, -0.15) is 13.2 Å². The second-order valence-corrected chi connectivity index (χ2v) is 5.07. The van der Waals surface area contributed by atoms with Crippen molar-refractivity contribution < 1.29 is 22.7 Å². The van der Waals surface area contributed by atoms with Crippen LogP contribution in [0.4, 0.5) is 13.2 Å². The van der Waals surface area contributed by atoms with Crippen molar-refractivity contribution in [1.29, 1.82) is 0 Å². The van der Waals surface area contributed by atoms with Crippen LogP contribution in [0.3, 0.4) is 0 Å². The largest absolute Gasteiger partial charge is 0.469 e. The molecule has 0 radical (unpaired) electrons. The van der Waals surface area contributed by atoms with Crippen molar-refractivity contribution in [3.05, 3.63) is 35.4 Å². The first-order valence-corrected chi connectivity index (χ1v) is 5.91. The molecule has 0 fully saturated rings. The third-order valence-corrected chi connectivity index (χ3v) is 3.06. The number of hydrogen-bond acceptors (Lipinski definition) is 2. The number of carbonyl (C=O) groups excluding carboxylic acids is 1. The van der Waals surface area contributed by atoms with Gasteiger partial charge in [0.15, 0.2) is 0 Å². The molecule has 0 N–H and O–H groups in total. The lowest BCUT2D eigenvalue weighted by molar-refractivity contribution is -0.151. The third-order valence-electron chi connectivity index (χ3n) is 3.06. The average molecular weight is 274 g/mol. The van der Waals surface area contributed by atoms with Gasteiger partial charge in [0.2, 0.25) is 0 Å². The Morgan fingerprint density at radius 3 is 2.11 bits per heavy atom. The van der Waals surface area contributed by atoms with E-state index in [1.807, 2.05) is 0 Å². The maximum atomic E-state index is 12.4. The summed E-state index contributed by atoms with van der Waals surface area (Å²) in [7, 11) is 1.32. The van der Waals surface area contributed by atoms with Crippen molar-refractivity contribution >= 4 is 5.97 Å². The van der Waals surface area contributed by atoms with E-state index < -0.39 is 17.2 Å². The summed E-state index contributed by atoms with van der Waals surface area (Å²) in [6.07, 6.45) is -3.27. The highest BCUT2D eigenvalue weighted by molar-refractivity contribution is 5.75. The van der Waals surface area contributed by atoms with E-state index in [1.165, 1.54) is 19.2 Å². The van der Waals surface area contributed by atoms with Gasteiger partial charge in [0, 0.05) is 0 Å². The summed E-state index contributed by atoms with van der Waals surface area (Å²) in [5.74, 6) is -0.320. The Kier molecular flexibility index (Phi) is 4.61. The second kappa shape index (κ2) is 5.63. The van der Waals surface area contributed by atoms with Gasteiger partial charge < -0.3 is 4.74 Å². The molecular formula is C14H17F3O2. The quantitative estimate of drug-likeness (QED) is 0.780. The van der Waals surface area contributed by atoms with Crippen LogP contribution in [0.2, 0.25) is 0 Å². The molecule has 0 aliphatic carbocycles. The molecule has 2 nitrogen and oxygen atoms in total. The maximum absolute atomic E-state index is 12.4. The van der Waals surface area contributed by atoms with Gasteiger partial charge in [-0.1, -0.05) is 12.1 Å². The molecule has 0 saturated carbocycles. The predicted octanol–water partition coefficient (Wildman–Crippen LogP) is 3.84. The molecule has 0 bridgehead atoms. The number of rotatable bonds is 4. The molecule has 0 aliphatic heterocycles. The van der Waals surface area contributed by atoms with Crippen molar-refractivity contribution in [2.45, 2.75) is 32.9 Å². The molecule has 5 heteroatoms. The Bertz CT molecular complexity index is 433. The monoisotopic (exact) mass is 274 g/mol. The second-order valence-electron chi connectivity index (χ2n) is 5.07. The molecule has 1 aromatic carbocycles. The third kappa shape index (κ3) is 4.26. The predicted molar refractivity (Wildman–Crippen MR) is 65.6 cm³/mol. The smallest absolute Gasteiger partial charge is 0.416 e. The molecule has 0 heterocycles. The number of methoxy groups -OCH3 is 1. The average Bonchev–Trinajstić information content (AvgIpc) is 2.35. The van der Waals surface area contributed by atoms with Gasteiger partial charge in [-0.15, -0.1) is 0 Å². The van der Waals surface area contributed by atoms with E-state index in [1.54, 1.807) is 13.8 Å². The molecule has 0 amide bonds.